The minimum absolute atomic E-state index is 0.387. The van der Waals surface area contributed by atoms with E-state index in [-0.39, 0.29) is 0 Å². The second-order valence-electron chi connectivity index (χ2n) is 4.00. The molecule has 0 aliphatic carbocycles. The third kappa shape index (κ3) is 4.34. The molecule has 19 heavy (non-hydrogen) atoms. The van der Waals surface area contributed by atoms with Crippen molar-refractivity contribution in [2.45, 2.75) is 18.5 Å². The SMILES string of the molecule is O=NC(Cl)Cc1ccc(COc2ccccc2)nc1. The van der Waals surface area contributed by atoms with Crippen LogP contribution >= 0.6 is 11.6 Å². The van der Waals surface area contributed by atoms with Gasteiger partial charge in [0.15, 0.2) is 5.50 Å². The van der Waals surface area contributed by atoms with Gasteiger partial charge in [0.05, 0.1) is 5.69 Å². The summed E-state index contributed by atoms with van der Waals surface area (Å²) < 4.78 is 5.58. The number of aromatic nitrogens is 1. The second-order valence-corrected chi connectivity index (χ2v) is 4.51. The van der Waals surface area contributed by atoms with Crippen molar-refractivity contribution < 1.29 is 4.74 Å². The van der Waals surface area contributed by atoms with Crippen molar-refractivity contribution in [2.75, 3.05) is 0 Å². The summed E-state index contributed by atoms with van der Waals surface area (Å²) in [4.78, 5) is 14.5. The fourth-order valence-electron chi connectivity index (χ4n) is 1.57. The Bertz CT molecular complexity index is 517. The van der Waals surface area contributed by atoms with Gasteiger partial charge in [-0.1, -0.05) is 35.9 Å². The van der Waals surface area contributed by atoms with Crippen molar-refractivity contribution >= 4 is 11.6 Å². The molecule has 0 N–H and O–H groups in total. The maximum absolute atomic E-state index is 10.2. The van der Waals surface area contributed by atoms with Gasteiger partial charge in [-0.05, 0) is 28.9 Å². The fourth-order valence-corrected chi connectivity index (χ4v) is 1.75. The van der Waals surface area contributed by atoms with E-state index in [0.717, 1.165) is 17.0 Å². The van der Waals surface area contributed by atoms with Crippen molar-refractivity contribution in [2.24, 2.45) is 5.18 Å². The Hall–Kier alpha value is -1.94. The third-order valence-corrected chi connectivity index (χ3v) is 2.77. The zero-order chi connectivity index (χ0) is 13.5. The lowest BCUT2D eigenvalue weighted by Crippen LogP contribution is -2.02. The third-order valence-electron chi connectivity index (χ3n) is 2.53. The topological polar surface area (TPSA) is 51.5 Å². The predicted octanol–water partition coefficient (Wildman–Crippen LogP) is 3.53. The molecule has 0 spiro atoms. The van der Waals surface area contributed by atoms with Crippen LogP contribution in [0.4, 0.5) is 0 Å². The molecule has 0 aliphatic heterocycles. The first-order valence-corrected chi connectivity index (χ1v) is 6.30. The first-order valence-electron chi connectivity index (χ1n) is 5.86. The van der Waals surface area contributed by atoms with Gasteiger partial charge in [-0.25, -0.2) is 0 Å². The van der Waals surface area contributed by atoms with E-state index in [9.17, 15) is 4.91 Å². The first-order chi connectivity index (χ1) is 9.28. The van der Waals surface area contributed by atoms with Crippen LogP contribution in [0.1, 0.15) is 11.3 Å². The average molecular weight is 277 g/mol. The molecule has 1 aromatic heterocycles. The highest BCUT2D eigenvalue weighted by Gasteiger charge is 2.05. The molecule has 0 saturated heterocycles. The number of hydrogen-bond acceptors (Lipinski definition) is 4. The Labute approximate surface area is 116 Å². The molecule has 0 fully saturated rings. The monoisotopic (exact) mass is 276 g/mol. The quantitative estimate of drug-likeness (QED) is 0.461. The lowest BCUT2D eigenvalue weighted by atomic mass is 10.2. The summed E-state index contributed by atoms with van der Waals surface area (Å²) in [5, 5.41) is 2.75. The summed E-state index contributed by atoms with van der Waals surface area (Å²) in [7, 11) is 0. The average Bonchev–Trinajstić information content (AvgIpc) is 2.47. The minimum atomic E-state index is -0.742. The standard InChI is InChI=1S/C14H13ClN2O2/c15-14(17-18)8-11-6-7-12(16-9-11)10-19-13-4-2-1-3-5-13/h1-7,9,14H,8,10H2. The Balaban J connectivity index is 1.90. The molecule has 0 radical (unpaired) electrons. The van der Waals surface area contributed by atoms with Crippen molar-refractivity contribution in [3.05, 3.63) is 64.8 Å². The molecule has 1 aromatic carbocycles. The van der Waals surface area contributed by atoms with Gasteiger partial charge in [0.1, 0.15) is 12.4 Å². The number of hydrogen-bond donors (Lipinski definition) is 0. The number of pyridine rings is 1. The van der Waals surface area contributed by atoms with Gasteiger partial charge in [-0.15, -0.1) is 4.91 Å². The van der Waals surface area contributed by atoms with Gasteiger partial charge >= 0.3 is 0 Å². The molecule has 1 heterocycles. The number of ether oxygens (including phenoxy) is 1. The molecule has 2 aromatic rings. The van der Waals surface area contributed by atoms with E-state index < -0.39 is 5.50 Å². The summed E-state index contributed by atoms with van der Waals surface area (Å²) in [6.45, 7) is 0.403. The van der Waals surface area contributed by atoms with Crippen LogP contribution in [0, 0.1) is 4.91 Å². The van der Waals surface area contributed by atoms with Crippen LogP contribution in [-0.4, -0.2) is 10.5 Å². The lowest BCUT2D eigenvalue weighted by Gasteiger charge is -2.06. The zero-order valence-electron chi connectivity index (χ0n) is 10.2. The molecular formula is C14H13ClN2O2. The van der Waals surface area contributed by atoms with Crippen LogP contribution < -0.4 is 4.74 Å². The summed E-state index contributed by atoms with van der Waals surface area (Å²) >= 11 is 5.65. The van der Waals surface area contributed by atoms with Crippen LogP contribution in [0.15, 0.2) is 53.8 Å². The number of nitroso groups, excluding NO2 is 1. The highest BCUT2D eigenvalue weighted by atomic mass is 35.5. The molecule has 1 atom stereocenters. The Morgan fingerprint density at radius 2 is 2.00 bits per heavy atom. The van der Waals surface area contributed by atoms with E-state index in [1.807, 2.05) is 42.5 Å². The smallest absolute Gasteiger partial charge is 0.169 e. The van der Waals surface area contributed by atoms with Gasteiger partial charge in [-0.2, -0.15) is 0 Å². The summed E-state index contributed by atoms with van der Waals surface area (Å²) in [5.74, 6) is 0.805. The number of halogens is 1. The summed E-state index contributed by atoms with van der Waals surface area (Å²) in [6.07, 6.45) is 2.07. The van der Waals surface area contributed by atoms with Gasteiger partial charge < -0.3 is 4.74 Å². The van der Waals surface area contributed by atoms with Gasteiger partial charge in [-0.3, -0.25) is 4.98 Å². The number of para-hydroxylation sites is 1. The van der Waals surface area contributed by atoms with Crippen molar-refractivity contribution in [1.29, 1.82) is 0 Å². The maximum atomic E-state index is 10.2. The molecule has 0 saturated carbocycles. The summed E-state index contributed by atoms with van der Waals surface area (Å²) in [6, 6.07) is 13.3. The van der Waals surface area contributed by atoms with Gasteiger partial charge in [0.25, 0.3) is 0 Å². The fraction of sp³-hybridized carbons (Fsp3) is 0.214. The maximum Gasteiger partial charge on any atom is 0.169 e. The molecule has 5 heteroatoms. The number of benzene rings is 1. The van der Waals surface area contributed by atoms with E-state index >= 15 is 0 Å². The molecular weight excluding hydrogens is 264 g/mol. The van der Waals surface area contributed by atoms with Gasteiger partial charge in [0.2, 0.25) is 0 Å². The number of rotatable bonds is 6. The van der Waals surface area contributed by atoms with Crippen LogP contribution in [0.5, 0.6) is 5.75 Å². The van der Waals surface area contributed by atoms with Gasteiger partial charge in [0, 0.05) is 12.6 Å². The molecule has 98 valence electrons. The zero-order valence-corrected chi connectivity index (χ0v) is 11.0. The molecule has 4 nitrogen and oxygen atoms in total. The van der Waals surface area contributed by atoms with Crippen LogP contribution in [-0.2, 0) is 13.0 Å². The largest absolute Gasteiger partial charge is 0.487 e. The van der Waals surface area contributed by atoms with E-state index in [4.69, 9.17) is 16.3 Å². The van der Waals surface area contributed by atoms with Crippen molar-refractivity contribution in [1.82, 2.24) is 4.98 Å². The van der Waals surface area contributed by atoms with Crippen molar-refractivity contribution in [3.8, 4) is 5.75 Å². The van der Waals surface area contributed by atoms with E-state index in [1.165, 1.54) is 0 Å². The predicted molar refractivity (Wildman–Crippen MR) is 74.2 cm³/mol. The molecule has 0 aliphatic rings. The first kappa shape index (κ1) is 13.5. The van der Waals surface area contributed by atoms with E-state index in [2.05, 4.69) is 10.2 Å². The minimum Gasteiger partial charge on any atom is -0.487 e. The molecule has 1 unspecified atom stereocenters. The van der Waals surface area contributed by atoms with Crippen LogP contribution in [0.2, 0.25) is 0 Å². The summed E-state index contributed by atoms with van der Waals surface area (Å²) in [5.41, 5.74) is 0.953. The van der Waals surface area contributed by atoms with Crippen LogP contribution in [0.3, 0.4) is 0 Å². The Morgan fingerprint density at radius 3 is 2.63 bits per heavy atom. The lowest BCUT2D eigenvalue weighted by molar-refractivity contribution is 0.301. The number of alkyl halides is 1. The Kier molecular flexibility index (Phi) is 4.86. The highest BCUT2D eigenvalue weighted by Crippen LogP contribution is 2.12. The van der Waals surface area contributed by atoms with Crippen LogP contribution in [0.25, 0.3) is 0 Å². The Morgan fingerprint density at radius 1 is 1.21 bits per heavy atom. The normalized spacial score (nSPS) is 11.8. The number of nitrogens with zero attached hydrogens (tertiary/aromatic N) is 2. The molecule has 0 bridgehead atoms. The van der Waals surface area contributed by atoms with E-state index in [1.54, 1.807) is 6.20 Å². The van der Waals surface area contributed by atoms with Crippen molar-refractivity contribution in [3.63, 3.8) is 0 Å². The van der Waals surface area contributed by atoms with E-state index in [0.29, 0.717) is 13.0 Å². The molecule has 0 amide bonds. The second kappa shape index (κ2) is 6.85. The molecule has 2 rings (SSSR count). The highest BCUT2D eigenvalue weighted by molar-refractivity contribution is 6.20.